The Bertz CT molecular complexity index is 1330. The highest BCUT2D eigenvalue weighted by Crippen LogP contribution is 2.30. The van der Waals surface area contributed by atoms with Gasteiger partial charge in [0.1, 0.15) is 5.82 Å². The highest BCUT2D eigenvalue weighted by molar-refractivity contribution is 9.10. The third-order valence-corrected chi connectivity index (χ3v) is 5.08. The van der Waals surface area contributed by atoms with Gasteiger partial charge in [-0.05, 0) is 38.1 Å². The summed E-state index contributed by atoms with van der Waals surface area (Å²) in [6.07, 6.45) is 0.916. The summed E-state index contributed by atoms with van der Waals surface area (Å²) >= 11 is 3.36. The molecule has 0 N–H and O–H groups in total. The highest BCUT2D eigenvalue weighted by Gasteiger charge is 2.21. The van der Waals surface area contributed by atoms with Gasteiger partial charge in [0.05, 0.1) is 28.1 Å². The predicted molar refractivity (Wildman–Crippen MR) is 131 cm³/mol. The molecule has 3 rings (SSSR count). The van der Waals surface area contributed by atoms with E-state index in [4.69, 9.17) is 9.47 Å². The standard InChI is InChI=1S/C23H23BrN4O6/c1-13(2)22-26-18-9-8-16(24)10-17(18)23(30)27(22)25-11-15-6-5-7-19(28(31)32)21(15)33-12-20(29)34-14(3)4/h5-11,13-14H,12H2,1-4H3. The van der Waals surface area contributed by atoms with E-state index in [2.05, 4.69) is 26.0 Å². The van der Waals surface area contributed by atoms with Crippen molar-refractivity contribution in [3.8, 4) is 5.75 Å². The number of nitro groups is 1. The summed E-state index contributed by atoms with van der Waals surface area (Å²) in [6, 6.07) is 9.43. The van der Waals surface area contributed by atoms with Crippen molar-refractivity contribution in [2.45, 2.75) is 39.7 Å². The van der Waals surface area contributed by atoms with Crippen molar-refractivity contribution >= 4 is 44.7 Å². The summed E-state index contributed by atoms with van der Waals surface area (Å²) < 4.78 is 12.4. The monoisotopic (exact) mass is 530 g/mol. The van der Waals surface area contributed by atoms with Crippen LogP contribution in [0, 0.1) is 10.1 Å². The number of ether oxygens (including phenoxy) is 2. The van der Waals surface area contributed by atoms with Crippen LogP contribution in [0.25, 0.3) is 10.9 Å². The number of para-hydroxylation sites is 1. The van der Waals surface area contributed by atoms with Crippen LogP contribution in [0.5, 0.6) is 5.75 Å². The lowest BCUT2D eigenvalue weighted by atomic mass is 10.2. The van der Waals surface area contributed by atoms with Crippen LogP contribution in [-0.4, -0.2) is 39.5 Å². The van der Waals surface area contributed by atoms with Crippen LogP contribution in [0.4, 0.5) is 5.69 Å². The first-order chi connectivity index (χ1) is 16.1. The minimum absolute atomic E-state index is 0.135. The van der Waals surface area contributed by atoms with Crippen LogP contribution in [0.15, 0.2) is 50.8 Å². The fraction of sp³-hybridized carbons (Fsp3) is 0.304. The zero-order valence-electron chi connectivity index (χ0n) is 19.0. The van der Waals surface area contributed by atoms with Crippen molar-refractivity contribution in [1.82, 2.24) is 9.66 Å². The minimum atomic E-state index is -0.668. The Labute approximate surface area is 203 Å². The second-order valence-electron chi connectivity index (χ2n) is 7.93. The van der Waals surface area contributed by atoms with Gasteiger partial charge >= 0.3 is 11.7 Å². The number of esters is 1. The Balaban J connectivity index is 2.08. The second kappa shape index (κ2) is 10.6. The van der Waals surface area contributed by atoms with Crippen molar-refractivity contribution in [1.29, 1.82) is 0 Å². The third-order valence-electron chi connectivity index (χ3n) is 4.58. The van der Waals surface area contributed by atoms with E-state index in [9.17, 15) is 19.7 Å². The average molecular weight is 531 g/mol. The minimum Gasteiger partial charge on any atom is -0.474 e. The van der Waals surface area contributed by atoms with E-state index in [1.165, 1.54) is 24.4 Å². The molecule has 0 aliphatic heterocycles. The number of hydrogen-bond donors (Lipinski definition) is 0. The summed E-state index contributed by atoms with van der Waals surface area (Å²) in [5.74, 6) is -0.541. The number of carbonyl (C=O) groups is 1. The van der Waals surface area contributed by atoms with Gasteiger partial charge in [0.15, 0.2) is 6.61 Å². The first kappa shape index (κ1) is 25.0. The van der Waals surface area contributed by atoms with Gasteiger partial charge in [0, 0.05) is 22.0 Å². The molecule has 1 heterocycles. The maximum absolute atomic E-state index is 13.2. The van der Waals surface area contributed by atoms with Crippen LogP contribution in [0.1, 0.15) is 45.0 Å². The molecule has 0 fully saturated rings. The summed E-state index contributed by atoms with van der Waals surface area (Å²) in [5.41, 5.74) is 0.00633. The van der Waals surface area contributed by atoms with E-state index in [0.717, 1.165) is 9.15 Å². The van der Waals surface area contributed by atoms with E-state index in [0.29, 0.717) is 16.7 Å². The quantitative estimate of drug-likeness (QED) is 0.183. The van der Waals surface area contributed by atoms with E-state index in [1.807, 2.05) is 13.8 Å². The third kappa shape index (κ3) is 5.66. The number of halogens is 1. The molecule has 2 aromatic carbocycles. The first-order valence-electron chi connectivity index (χ1n) is 10.4. The average Bonchev–Trinajstić information content (AvgIpc) is 2.76. The van der Waals surface area contributed by atoms with Crippen LogP contribution in [0.3, 0.4) is 0 Å². The maximum Gasteiger partial charge on any atom is 0.344 e. The zero-order valence-corrected chi connectivity index (χ0v) is 20.6. The molecule has 0 amide bonds. The lowest BCUT2D eigenvalue weighted by Gasteiger charge is -2.13. The molecular weight excluding hydrogens is 508 g/mol. The van der Waals surface area contributed by atoms with Gasteiger partial charge in [0.25, 0.3) is 5.56 Å². The first-order valence-corrected chi connectivity index (χ1v) is 11.2. The largest absolute Gasteiger partial charge is 0.474 e. The molecule has 0 aliphatic carbocycles. The Morgan fingerprint density at radius 2 is 2.00 bits per heavy atom. The van der Waals surface area contributed by atoms with Gasteiger partial charge < -0.3 is 9.47 Å². The Morgan fingerprint density at radius 1 is 1.26 bits per heavy atom. The van der Waals surface area contributed by atoms with Crippen molar-refractivity contribution in [3.05, 3.63) is 72.7 Å². The number of nitro benzene ring substituents is 1. The summed E-state index contributed by atoms with van der Waals surface area (Å²) in [5, 5.41) is 16.2. The molecule has 11 heteroatoms. The Kier molecular flexibility index (Phi) is 7.77. The van der Waals surface area contributed by atoms with Crippen LogP contribution < -0.4 is 10.3 Å². The van der Waals surface area contributed by atoms with Gasteiger partial charge in [0.2, 0.25) is 5.75 Å². The maximum atomic E-state index is 13.2. The van der Waals surface area contributed by atoms with Gasteiger partial charge in [-0.25, -0.2) is 9.78 Å². The number of aromatic nitrogens is 2. The van der Waals surface area contributed by atoms with Crippen molar-refractivity contribution in [2.24, 2.45) is 5.10 Å². The molecule has 0 bridgehead atoms. The van der Waals surface area contributed by atoms with Gasteiger partial charge in [-0.15, -0.1) is 0 Å². The molecule has 178 valence electrons. The fourth-order valence-corrected chi connectivity index (χ4v) is 3.51. The smallest absolute Gasteiger partial charge is 0.344 e. The summed E-state index contributed by atoms with van der Waals surface area (Å²) in [7, 11) is 0. The lowest BCUT2D eigenvalue weighted by molar-refractivity contribution is -0.385. The normalized spacial score (nSPS) is 11.5. The lowest BCUT2D eigenvalue weighted by Crippen LogP contribution is -2.23. The number of carbonyl (C=O) groups excluding carboxylic acids is 1. The van der Waals surface area contributed by atoms with Crippen molar-refractivity contribution in [2.75, 3.05) is 6.61 Å². The molecule has 3 aromatic rings. The molecule has 0 atom stereocenters. The molecule has 34 heavy (non-hydrogen) atoms. The van der Waals surface area contributed by atoms with E-state index in [-0.39, 0.29) is 34.6 Å². The molecule has 0 saturated carbocycles. The van der Waals surface area contributed by atoms with Crippen molar-refractivity contribution < 1.29 is 19.2 Å². The SMILES string of the molecule is CC(C)OC(=O)COc1c(C=Nn2c(C(C)C)nc3ccc(Br)cc3c2=O)cccc1[N+](=O)[O-]. The molecule has 0 radical (unpaired) electrons. The topological polar surface area (TPSA) is 126 Å². The molecule has 1 aromatic heterocycles. The molecule has 10 nitrogen and oxygen atoms in total. The predicted octanol–water partition coefficient (Wildman–Crippen LogP) is 4.40. The molecule has 0 spiro atoms. The summed E-state index contributed by atoms with van der Waals surface area (Å²) in [6.45, 7) is 6.59. The van der Waals surface area contributed by atoms with E-state index >= 15 is 0 Å². The number of fused-ring (bicyclic) bond motifs is 1. The second-order valence-corrected chi connectivity index (χ2v) is 8.84. The number of benzene rings is 2. The number of nitrogens with zero attached hydrogens (tertiary/aromatic N) is 4. The van der Waals surface area contributed by atoms with E-state index in [1.54, 1.807) is 32.0 Å². The summed E-state index contributed by atoms with van der Waals surface area (Å²) in [4.78, 5) is 40.6. The van der Waals surface area contributed by atoms with Crippen molar-refractivity contribution in [3.63, 3.8) is 0 Å². The number of hydrogen-bond acceptors (Lipinski definition) is 8. The van der Waals surface area contributed by atoms with Gasteiger partial charge in [-0.2, -0.15) is 9.78 Å². The molecule has 0 unspecified atom stereocenters. The molecular formula is C23H23BrN4O6. The fourth-order valence-electron chi connectivity index (χ4n) is 3.14. The van der Waals surface area contributed by atoms with Crippen LogP contribution in [0.2, 0.25) is 0 Å². The Morgan fingerprint density at radius 3 is 2.65 bits per heavy atom. The van der Waals surface area contributed by atoms with E-state index < -0.39 is 17.5 Å². The molecule has 0 saturated heterocycles. The number of rotatable bonds is 8. The highest BCUT2D eigenvalue weighted by atomic mass is 79.9. The van der Waals surface area contributed by atoms with Crippen LogP contribution in [-0.2, 0) is 9.53 Å². The Hall–Kier alpha value is -3.60. The van der Waals surface area contributed by atoms with Gasteiger partial charge in [-0.3, -0.25) is 14.9 Å². The molecule has 0 aliphatic rings. The zero-order chi connectivity index (χ0) is 25.0. The van der Waals surface area contributed by atoms with Crippen LogP contribution >= 0.6 is 15.9 Å². The van der Waals surface area contributed by atoms with Gasteiger partial charge in [-0.1, -0.05) is 35.8 Å².